The van der Waals surface area contributed by atoms with E-state index in [9.17, 15) is 9.59 Å². The number of hydrogen-bond donors (Lipinski definition) is 6. The van der Waals surface area contributed by atoms with E-state index in [0.29, 0.717) is 0 Å². The van der Waals surface area contributed by atoms with Crippen molar-refractivity contribution in [3.8, 4) is 0 Å². The van der Waals surface area contributed by atoms with Crippen molar-refractivity contribution in [1.29, 1.82) is 0 Å². The molecule has 0 bridgehead atoms. The summed E-state index contributed by atoms with van der Waals surface area (Å²) in [6.07, 6.45) is -1.41. The average molecular weight is 289 g/mol. The van der Waals surface area contributed by atoms with E-state index in [1.54, 1.807) is 0 Å². The molecule has 0 heterocycles. The molecule has 0 saturated carbocycles. The Hall–Kier alpha value is -0.930. The summed E-state index contributed by atoms with van der Waals surface area (Å²) in [6.45, 7) is -0.729. The van der Waals surface area contributed by atoms with E-state index in [0.717, 1.165) is 0 Å². The van der Waals surface area contributed by atoms with Gasteiger partial charge in [0, 0.05) is 12.8 Å². The van der Waals surface area contributed by atoms with Crippen molar-refractivity contribution < 1.29 is 40.2 Å². The first-order valence-corrected chi connectivity index (χ1v) is 5.31. The molecule has 0 saturated heterocycles. The average Bonchev–Trinajstić information content (AvgIpc) is 2.27. The van der Waals surface area contributed by atoms with Crippen LogP contribution in [0.2, 0.25) is 0 Å². The summed E-state index contributed by atoms with van der Waals surface area (Å²) in [7, 11) is 0. The molecule has 9 heteroatoms. The summed E-state index contributed by atoms with van der Waals surface area (Å²) in [5.41, 5.74) is 0. The van der Waals surface area contributed by atoms with E-state index in [1.807, 2.05) is 0 Å². The SMILES string of the molecule is O=C(O)CCCC(O)(Cl)C(=O)O.OCC(O)CO. The van der Waals surface area contributed by atoms with Crippen molar-refractivity contribution in [2.75, 3.05) is 13.2 Å². The normalized spacial score (nSPS) is 13.4. The monoisotopic (exact) mass is 288 g/mol. The fourth-order valence-corrected chi connectivity index (χ4v) is 0.772. The highest BCUT2D eigenvalue weighted by atomic mass is 35.5. The summed E-state index contributed by atoms with van der Waals surface area (Å²) in [6, 6.07) is 0. The van der Waals surface area contributed by atoms with Crippen molar-refractivity contribution in [2.24, 2.45) is 0 Å². The van der Waals surface area contributed by atoms with Crippen LogP contribution < -0.4 is 0 Å². The second-order valence-electron chi connectivity index (χ2n) is 3.33. The van der Waals surface area contributed by atoms with Crippen LogP contribution >= 0.6 is 11.6 Å². The van der Waals surface area contributed by atoms with Crippen molar-refractivity contribution >= 4 is 23.5 Å². The van der Waals surface area contributed by atoms with Crippen LogP contribution in [0.5, 0.6) is 0 Å². The molecule has 6 N–H and O–H groups in total. The van der Waals surface area contributed by atoms with Crippen molar-refractivity contribution in [1.82, 2.24) is 0 Å². The summed E-state index contributed by atoms with van der Waals surface area (Å²) in [5.74, 6) is -2.61. The molecule has 1 unspecified atom stereocenters. The van der Waals surface area contributed by atoms with Gasteiger partial charge >= 0.3 is 11.9 Å². The van der Waals surface area contributed by atoms with Crippen molar-refractivity contribution in [3.05, 3.63) is 0 Å². The van der Waals surface area contributed by atoms with Crippen LogP contribution in [0.3, 0.4) is 0 Å². The van der Waals surface area contributed by atoms with Gasteiger partial charge in [0.2, 0.25) is 5.06 Å². The zero-order valence-electron chi connectivity index (χ0n) is 9.49. The van der Waals surface area contributed by atoms with E-state index in [2.05, 4.69) is 0 Å². The number of aliphatic hydroxyl groups excluding tert-OH is 3. The zero-order chi connectivity index (χ0) is 14.8. The van der Waals surface area contributed by atoms with Gasteiger partial charge in [0.1, 0.15) is 6.10 Å². The Morgan fingerprint density at radius 1 is 1.17 bits per heavy atom. The van der Waals surface area contributed by atoms with Gasteiger partial charge in [-0.3, -0.25) is 4.79 Å². The second kappa shape index (κ2) is 10.0. The summed E-state index contributed by atoms with van der Waals surface area (Å²) in [4.78, 5) is 20.2. The highest BCUT2D eigenvalue weighted by molar-refractivity contribution is 6.32. The summed E-state index contributed by atoms with van der Waals surface area (Å²) < 4.78 is 0. The molecule has 0 aromatic carbocycles. The number of alkyl halides is 1. The molecule has 0 aliphatic heterocycles. The van der Waals surface area contributed by atoms with Gasteiger partial charge in [-0.15, -0.1) is 0 Å². The zero-order valence-corrected chi connectivity index (χ0v) is 10.2. The molecule has 0 spiro atoms. The lowest BCUT2D eigenvalue weighted by Crippen LogP contribution is -2.31. The first kappa shape index (κ1) is 19.4. The number of aliphatic hydroxyl groups is 4. The summed E-state index contributed by atoms with van der Waals surface area (Å²) >= 11 is 5.12. The minimum Gasteiger partial charge on any atom is -0.481 e. The Morgan fingerprint density at radius 2 is 1.61 bits per heavy atom. The first-order valence-electron chi connectivity index (χ1n) is 4.93. The van der Waals surface area contributed by atoms with Gasteiger partial charge in [-0.1, -0.05) is 11.6 Å². The third-order valence-corrected chi connectivity index (χ3v) is 2.00. The fraction of sp³-hybridized carbons (Fsp3) is 0.778. The molecular formula is C9H17ClO8. The van der Waals surface area contributed by atoms with Crippen LogP contribution in [0.15, 0.2) is 0 Å². The van der Waals surface area contributed by atoms with Gasteiger partial charge in [0.25, 0.3) is 0 Å². The Kier molecular flexibility index (Phi) is 10.8. The molecule has 8 nitrogen and oxygen atoms in total. The molecule has 0 aliphatic carbocycles. The molecule has 0 rings (SSSR count). The number of aliphatic carboxylic acids is 2. The highest BCUT2D eigenvalue weighted by Crippen LogP contribution is 2.19. The molecule has 0 aromatic rings. The van der Waals surface area contributed by atoms with E-state index in [1.165, 1.54) is 0 Å². The van der Waals surface area contributed by atoms with E-state index in [-0.39, 0.29) is 32.5 Å². The third-order valence-electron chi connectivity index (χ3n) is 1.65. The number of rotatable bonds is 7. The quantitative estimate of drug-likeness (QED) is 0.312. The molecule has 108 valence electrons. The first-order chi connectivity index (χ1) is 8.17. The molecule has 0 amide bonds. The van der Waals surface area contributed by atoms with Crippen molar-refractivity contribution in [3.63, 3.8) is 0 Å². The molecule has 0 aliphatic rings. The predicted octanol–water partition coefficient (Wildman–Crippen LogP) is -1.41. The van der Waals surface area contributed by atoms with Gasteiger partial charge in [-0.2, -0.15) is 0 Å². The lowest BCUT2D eigenvalue weighted by Gasteiger charge is -2.13. The topological polar surface area (TPSA) is 156 Å². The highest BCUT2D eigenvalue weighted by Gasteiger charge is 2.32. The number of carbonyl (C=O) groups is 2. The minimum absolute atomic E-state index is 0.0294. The van der Waals surface area contributed by atoms with Crippen molar-refractivity contribution in [2.45, 2.75) is 30.4 Å². The van der Waals surface area contributed by atoms with Gasteiger partial charge in [0.15, 0.2) is 0 Å². The van der Waals surface area contributed by atoms with E-state index < -0.39 is 23.1 Å². The Labute approximate surface area is 108 Å². The molecular weight excluding hydrogens is 272 g/mol. The maximum Gasteiger partial charge on any atom is 0.351 e. The second-order valence-corrected chi connectivity index (χ2v) is 3.96. The molecule has 18 heavy (non-hydrogen) atoms. The number of halogens is 1. The van der Waals surface area contributed by atoms with Crippen LogP contribution in [0.1, 0.15) is 19.3 Å². The maximum absolute atomic E-state index is 10.2. The molecule has 0 fully saturated rings. The van der Waals surface area contributed by atoms with E-state index >= 15 is 0 Å². The lowest BCUT2D eigenvalue weighted by molar-refractivity contribution is -0.151. The number of carboxylic acid groups (broad SMARTS) is 2. The lowest BCUT2D eigenvalue weighted by atomic mass is 10.1. The minimum atomic E-state index is -2.34. The van der Waals surface area contributed by atoms with Gasteiger partial charge < -0.3 is 30.6 Å². The Bertz CT molecular complexity index is 251. The Balaban J connectivity index is 0. The maximum atomic E-state index is 10.2. The van der Waals surface area contributed by atoms with Crippen LogP contribution in [0.4, 0.5) is 0 Å². The van der Waals surface area contributed by atoms with Crippen LogP contribution in [-0.2, 0) is 9.59 Å². The molecule has 0 aromatic heterocycles. The third kappa shape index (κ3) is 11.6. The molecule has 0 radical (unpaired) electrons. The number of hydrogen-bond acceptors (Lipinski definition) is 6. The van der Waals surface area contributed by atoms with Gasteiger partial charge in [-0.05, 0) is 6.42 Å². The number of carboxylic acids is 2. The Morgan fingerprint density at radius 3 is 1.83 bits per heavy atom. The van der Waals surface area contributed by atoms with Crippen LogP contribution in [0, 0.1) is 0 Å². The van der Waals surface area contributed by atoms with Crippen LogP contribution in [-0.4, -0.2) is 67.0 Å². The summed E-state index contributed by atoms with van der Waals surface area (Å²) in [5, 5.41) is 47.0. The van der Waals surface area contributed by atoms with Gasteiger partial charge in [0.05, 0.1) is 13.2 Å². The largest absolute Gasteiger partial charge is 0.481 e. The molecule has 1 atom stereocenters. The van der Waals surface area contributed by atoms with E-state index in [4.69, 9.17) is 42.2 Å². The smallest absolute Gasteiger partial charge is 0.351 e. The van der Waals surface area contributed by atoms with Gasteiger partial charge in [-0.25, -0.2) is 4.79 Å². The fourth-order valence-electron chi connectivity index (χ4n) is 0.639. The van der Waals surface area contributed by atoms with Crippen LogP contribution in [0.25, 0.3) is 0 Å². The predicted molar refractivity (Wildman–Crippen MR) is 60.1 cm³/mol. The standard InChI is InChI=1S/C6H9ClO5.C3H8O3/c7-6(12,5(10)11)3-1-2-4(8)9;4-1-3(6)2-5/h12H,1-3H2,(H,8,9)(H,10,11);3-6H,1-2H2.